The van der Waals surface area contributed by atoms with Gasteiger partial charge in [-0.3, -0.25) is 14.9 Å². The molecular weight excluding hydrogens is 268 g/mol. The molecule has 1 fully saturated rings. The van der Waals surface area contributed by atoms with Crippen LogP contribution in [0.25, 0.3) is 0 Å². The van der Waals surface area contributed by atoms with Gasteiger partial charge < -0.3 is 0 Å². The van der Waals surface area contributed by atoms with Crippen molar-refractivity contribution in [1.82, 2.24) is 5.32 Å². The van der Waals surface area contributed by atoms with Gasteiger partial charge in [0.25, 0.3) is 0 Å². The normalized spacial score (nSPS) is 19.2. The van der Waals surface area contributed by atoms with Crippen LogP contribution < -0.4 is 10.2 Å². The van der Waals surface area contributed by atoms with Gasteiger partial charge in [-0.15, -0.1) is 0 Å². The number of barbiturate groups is 1. The number of nitrogens with zero attached hydrogens (tertiary/aromatic N) is 1. The van der Waals surface area contributed by atoms with Gasteiger partial charge in [0.05, 0.1) is 5.69 Å². The number of hydrogen-bond acceptors (Lipinski definition) is 3. The number of carbonyl (C=O) groups excluding carboxylic acids is 3. The largest absolute Gasteiger partial charge is 0.335 e. The summed E-state index contributed by atoms with van der Waals surface area (Å²) in [6.45, 7) is 7.43. The molecule has 1 aliphatic rings. The van der Waals surface area contributed by atoms with Crippen molar-refractivity contribution in [3.63, 3.8) is 0 Å². The topological polar surface area (TPSA) is 66.5 Å². The average molecular weight is 288 g/mol. The summed E-state index contributed by atoms with van der Waals surface area (Å²) >= 11 is 0. The molecule has 1 atom stereocenters. The molecule has 1 saturated heterocycles. The molecule has 0 saturated carbocycles. The fraction of sp³-hybridized carbons (Fsp3) is 0.438. The molecule has 5 nitrogen and oxygen atoms in total. The summed E-state index contributed by atoms with van der Waals surface area (Å²) in [4.78, 5) is 37.8. The quantitative estimate of drug-likeness (QED) is 0.869. The van der Waals surface area contributed by atoms with E-state index < -0.39 is 23.8 Å². The minimum atomic E-state index is -0.827. The van der Waals surface area contributed by atoms with Crippen molar-refractivity contribution in [2.45, 2.75) is 34.1 Å². The van der Waals surface area contributed by atoms with Crippen molar-refractivity contribution in [2.75, 3.05) is 4.90 Å². The number of benzene rings is 1. The first kappa shape index (κ1) is 15.2. The Morgan fingerprint density at radius 3 is 2.48 bits per heavy atom. The number of aryl methyl sites for hydroxylation is 2. The number of nitrogens with one attached hydrogen (secondary N) is 1. The smallest absolute Gasteiger partial charge is 0.277 e. The zero-order valence-electron chi connectivity index (χ0n) is 12.8. The first-order valence-corrected chi connectivity index (χ1v) is 7.15. The zero-order valence-corrected chi connectivity index (χ0v) is 12.8. The second kappa shape index (κ2) is 5.68. The lowest BCUT2D eigenvalue weighted by Crippen LogP contribution is -2.59. The number of hydrogen-bond donors (Lipinski definition) is 1. The summed E-state index contributed by atoms with van der Waals surface area (Å²) in [7, 11) is 0. The van der Waals surface area contributed by atoms with Crippen LogP contribution in [0.3, 0.4) is 0 Å². The third-order valence-electron chi connectivity index (χ3n) is 3.79. The molecule has 0 aromatic heterocycles. The van der Waals surface area contributed by atoms with Crippen LogP contribution in [0.1, 0.15) is 31.9 Å². The maximum atomic E-state index is 12.7. The van der Waals surface area contributed by atoms with Crippen LogP contribution in [0.5, 0.6) is 0 Å². The number of urea groups is 1. The summed E-state index contributed by atoms with van der Waals surface area (Å²) in [6, 6.07) is 4.99. The van der Waals surface area contributed by atoms with Gasteiger partial charge in [0, 0.05) is 0 Å². The van der Waals surface area contributed by atoms with Crippen LogP contribution in [0.2, 0.25) is 0 Å². The predicted molar refractivity (Wildman–Crippen MR) is 79.9 cm³/mol. The molecule has 0 bridgehead atoms. The summed E-state index contributed by atoms with van der Waals surface area (Å²) in [5.41, 5.74) is 2.35. The number of imide groups is 2. The van der Waals surface area contributed by atoms with Crippen LogP contribution in [0, 0.1) is 18.8 Å². The number of rotatable bonds is 3. The van der Waals surface area contributed by atoms with Gasteiger partial charge in [-0.05, 0) is 30.4 Å². The van der Waals surface area contributed by atoms with E-state index in [0.717, 1.165) is 16.0 Å². The van der Waals surface area contributed by atoms with E-state index in [9.17, 15) is 14.4 Å². The van der Waals surface area contributed by atoms with Gasteiger partial charge in [-0.25, -0.2) is 9.69 Å². The van der Waals surface area contributed by atoms with Gasteiger partial charge in [-0.2, -0.15) is 0 Å². The van der Waals surface area contributed by atoms with E-state index >= 15 is 0 Å². The molecule has 5 heteroatoms. The number of carbonyl (C=O) groups is 3. The standard InChI is InChI=1S/C16H20N2O3/c1-5-11-8-6-7-10(4)13(11)18-15(20)12(9(2)3)14(19)17-16(18)21/h6-9,12H,5H2,1-4H3,(H,17,19,21). The monoisotopic (exact) mass is 288 g/mol. The molecule has 1 N–H and O–H groups in total. The van der Waals surface area contributed by atoms with Crippen LogP contribution in [0.4, 0.5) is 10.5 Å². The third kappa shape index (κ3) is 2.55. The molecule has 1 aliphatic heterocycles. The van der Waals surface area contributed by atoms with Crippen LogP contribution in [0.15, 0.2) is 18.2 Å². The molecule has 2 rings (SSSR count). The van der Waals surface area contributed by atoms with E-state index in [2.05, 4.69) is 5.32 Å². The highest BCUT2D eigenvalue weighted by molar-refractivity contribution is 6.28. The SMILES string of the molecule is CCc1cccc(C)c1N1C(=O)NC(=O)C(C(C)C)C1=O. The Morgan fingerprint density at radius 2 is 1.90 bits per heavy atom. The molecule has 1 heterocycles. The Kier molecular flexibility index (Phi) is 4.11. The average Bonchev–Trinajstić information content (AvgIpc) is 2.39. The molecule has 1 aromatic carbocycles. The van der Waals surface area contributed by atoms with Crippen LogP contribution in [-0.4, -0.2) is 17.8 Å². The Morgan fingerprint density at radius 1 is 1.24 bits per heavy atom. The molecule has 1 unspecified atom stereocenters. The third-order valence-corrected chi connectivity index (χ3v) is 3.79. The van der Waals surface area contributed by atoms with Gasteiger partial charge >= 0.3 is 6.03 Å². The lowest BCUT2D eigenvalue weighted by Gasteiger charge is -2.33. The maximum Gasteiger partial charge on any atom is 0.335 e. The highest BCUT2D eigenvalue weighted by atomic mass is 16.2. The molecule has 4 amide bonds. The summed E-state index contributed by atoms with van der Waals surface area (Å²) in [5, 5.41) is 2.30. The molecule has 0 spiro atoms. The molecule has 0 radical (unpaired) electrons. The minimum absolute atomic E-state index is 0.165. The van der Waals surface area contributed by atoms with E-state index in [0.29, 0.717) is 12.1 Å². The van der Waals surface area contributed by atoms with Crippen molar-refractivity contribution in [1.29, 1.82) is 0 Å². The van der Waals surface area contributed by atoms with Gasteiger partial charge in [-0.1, -0.05) is 39.0 Å². The lowest BCUT2D eigenvalue weighted by atomic mass is 9.91. The Hall–Kier alpha value is -2.17. The molecule has 112 valence electrons. The van der Waals surface area contributed by atoms with Crippen LogP contribution in [-0.2, 0) is 16.0 Å². The number of amides is 4. The van der Waals surface area contributed by atoms with Crippen molar-refractivity contribution in [2.24, 2.45) is 11.8 Å². The van der Waals surface area contributed by atoms with Crippen molar-refractivity contribution >= 4 is 23.5 Å². The van der Waals surface area contributed by atoms with E-state index in [-0.39, 0.29) is 5.92 Å². The Balaban J connectivity index is 2.55. The zero-order chi connectivity index (χ0) is 15.7. The lowest BCUT2D eigenvalue weighted by molar-refractivity contribution is -0.136. The fourth-order valence-corrected chi connectivity index (χ4v) is 2.71. The Labute approximate surface area is 124 Å². The van der Waals surface area contributed by atoms with Gasteiger partial charge in [0.15, 0.2) is 0 Å². The summed E-state index contributed by atoms with van der Waals surface area (Å²) in [5.74, 6) is -1.94. The highest BCUT2D eigenvalue weighted by Crippen LogP contribution is 2.30. The maximum absolute atomic E-state index is 12.7. The van der Waals surface area contributed by atoms with E-state index in [1.807, 2.05) is 32.0 Å². The van der Waals surface area contributed by atoms with E-state index in [1.165, 1.54) is 0 Å². The molecule has 1 aromatic rings. The van der Waals surface area contributed by atoms with E-state index in [1.54, 1.807) is 13.8 Å². The van der Waals surface area contributed by atoms with E-state index in [4.69, 9.17) is 0 Å². The first-order chi connectivity index (χ1) is 9.88. The first-order valence-electron chi connectivity index (χ1n) is 7.15. The summed E-state index contributed by atoms with van der Waals surface area (Å²) < 4.78 is 0. The summed E-state index contributed by atoms with van der Waals surface area (Å²) in [6.07, 6.45) is 0.703. The minimum Gasteiger partial charge on any atom is -0.277 e. The molecular formula is C16H20N2O3. The van der Waals surface area contributed by atoms with Crippen molar-refractivity contribution < 1.29 is 14.4 Å². The van der Waals surface area contributed by atoms with Crippen LogP contribution >= 0.6 is 0 Å². The van der Waals surface area contributed by atoms with Gasteiger partial charge in [0.1, 0.15) is 5.92 Å². The number of para-hydroxylation sites is 1. The van der Waals surface area contributed by atoms with Crippen molar-refractivity contribution in [3.8, 4) is 0 Å². The molecule has 0 aliphatic carbocycles. The highest BCUT2D eigenvalue weighted by Gasteiger charge is 2.43. The predicted octanol–water partition coefficient (Wildman–Crippen LogP) is 2.41. The number of anilines is 1. The molecule has 21 heavy (non-hydrogen) atoms. The fourth-order valence-electron chi connectivity index (χ4n) is 2.71. The Bertz CT molecular complexity index is 608. The van der Waals surface area contributed by atoms with Crippen molar-refractivity contribution in [3.05, 3.63) is 29.3 Å². The second-order valence-corrected chi connectivity index (χ2v) is 5.63. The van der Waals surface area contributed by atoms with Gasteiger partial charge in [0.2, 0.25) is 11.8 Å². The second-order valence-electron chi connectivity index (χ2n) is 5.63.